The Labute approximate surface area is 224 Å². The lowest BCUT2D eigenvalue weighted by Gasteiger charge is -2.42. The van der Waals surface area contributed by atoms with Gasteiger partial charge in [0.15, 0.2) is 0 Å². The van der Waals surface area contributed by atoms with Crippen LogP contribution in [0.4, 0.5) is 8.78 Å². The predicted octanol–water partition coefficient (Wildman–Crippen LogP) is 3.75. The van der Waals surface area contributed by atoms with Crippen molar-refractivity contribution in [1.29, 1.82) is 0 Å². The van der Waals surface area contributed by atoms with Crippen LogP contribution < -0.4 is 19.5 Å². The maximum atomic E-state index is 13.3. The molecule has 2 aliphatic heterocycles. The Balaban J connectivity index is 1.09. The summed E-state index contributed by atoms with van der Waals surface area (Å²) in [6.07, 6.45) is 8.05. The molecule has 1 N–H and O–H groups in total. The average molecular weight is 541 g/mol. The van der Waals surface area contributed by atoms with E-state index in [2.05, 4.69) is 15.2 Å². The molecule has 7 rings (SSSR count). The number of rotatable bonds is 10. The van der Waals surface area contributed by atoms with Gasteiger partial charge in [0, 0.05) is 49.4 Å². The molecule has 1 aromatic carbocycles. The van der Waals surface area contributed by atoms with Crippen molar-refractivity contribution in [2.75, 3.05) is 33.4 Å². The summed E-state index contributed by atoms with van der Waals surface area (Å²) in [5, 5.41) is 2.81. The SMILES string of the molecule is COc1cc(-c2cnc3cc(OCCN4CC5CCC56OC6C4)ccn23)cc(OC(F)F)c1C(=O)NC1CC1. The number of fused-ring (bicyclic) bond motifs is 1. The molecule has 0 radical (unpaired) electrons. The first-order valence-electron chi connectivity index (χ1n) is 13.4. The van der Waals surface area contributed by atoms with E-state index in [1.165, 1.54) is 26.0 Å². The molecule has 2 saturated heterocycles. The number of carbonyl (C=O) groups excluding carboxylic acids is 1. The molecule has 4 aliphatic rings. The van der Waals surface area contributed by atoms with Gasteiger partial charge in [-0.05, 0) is 43.9 Å². The van der Waals surface area contributed by atoms with Gasteiger partial charge in [-0.15, -0.1) is 0 Å². The maximum absolute atomic E-state index is 13.3. The molecule has 2 aromatic heterocycles. The van der Waals surface area contributed by atoms with E-state index in [-0.39, 0.29) is 28.7 Å². The lowest BCUT2D eigenvalue weighted by atomic mass is 9.69. The number of imidazole rings is 1. The molecule has 3 unspecified atom stereocenters. The van der Waals surface area contributed by atoms with Crippen LogP contribution in [0, 0.1) is 5.92 Å². The Morgan fingerprint density at radius 3 is 2.79 bits per heavy atom. The van der Waals surface area contributed by atoms with Crippen LogP contribution in [0.2, 0.25) is 0 Å². The van der Waals surface area contributed by atoms with Crippen molar-refractivity contribution in [3.8, 4) is 28.5 Å². The Bertz CT molecular complexity index is 1430. The second-order valence-corrected chi connectivity index (χ2v) is 10.8. The highest BCUT2D eigenvalue weighted by Crippen LogP contribution is 2.59. The number of methoxy groups -OCH3 is 1. The van der Waals surface area contributed by atoms with E-state index in [0.717, 1.165) is 32.5 Å². The lowest BCUT2D eigenvalue weighted by Crippen LogP contribution is -2.52. The molecular weight excluding hydrogens is 510 g/mol. The Morgan fingerprint density at radius 1 is 1.23 bits per heavy atom. The van der Waals surface area contributed by atoms with Gasteiger partial charge in [-0.3, -0.25) is 14.1 Å². The number of piperidine rings is 1. The molecule has 2 saturated carbocycles. The lowest BCUT2D eigenvalue weighted by molar-refractivity contribution is -0.0502. The standard InChI is InChI=1S/C28H30F2N4O5/c1-36-21-10-16(11-22(38-27(29)30)25(21)26(35)32-18-2-3-18)20-13-31-24-12-19(5-7-34(20)24)37-9-8-33-14-17-4-6-28(17)23(15-33)39-28/h5,7,10-13,17-18,23,27H,2-4,6,8-9,14-15H2,1H3,(H,32,35). The second-order valence-electron chi connectivity index (χ2n) is 10.8. The van der Waals surface area contributed by atoms with E-state index in [9.17, 15) is 13.6 Å². The van der Waals surface area contributed by atoms with Gasteiger partial charge in [-0.1, -0.05) is 0 Å². The minimum Gasteiger partial charge on any atom is -0.496 e. The number of nitrogens with zero attached hydrogens (tertiary/aromatic N) is 3. The molecule has 9 nitrogen and oxygen atoms in total. The zero-order chi connectivity index (χ0) is 26.7. The summed E-state index contributed by atoms with van der Waals surface area (Å²) in [5.41, 5.74) is 1.95. The fourth-order valence-corrected chi connectivity index (χ4v) is 6.04. The number of nitrogens with one attached hydrogen (secondary N) is 1. The molecule has 11 heteroatoms. The molecule has 39 heavy (non-hydrogen) atoms. The molecule has 0 bridgehead atoms. The fraction of sp³-hybridized carbons (Fsp3) is 0.500. The highest BCUT2D eigenvalue weighted by Gasteiger charge is 2.68. The number of benzene rings is 1. The largest absolute Gasteiger partial charge is 0.496 e. The third-order valence-electron chi connectivity index (χ3n) is 8.42. The van der Waals surface area contributed by atoms with E-state index in [1.807, 2.05) is 22.7 Å². The number of carbonyl (C=O) groups is 1. The van der Waals surface area contributed by atoms with E-state index < -0.39 is 12.5 Å². The van der Waals surface area contributed by atoms with Crippen LogP contribution >= 0.6 is 0 Å². The highest BCUT2D eigenvalue weighted by atomic mass is 19.3. The Hall–Kier alpha value is -3.44. The molecule has 1 amide bonds. The van der Waals surface area contributed by atoms with Crippen molar-refractivity contribution in [2.24, 2.45) is 5.92 Å². The number of likely N-dealkylation sites (tertiary alicyclic amines) is 1. The third-order valence-corrected chi connectivity index (χ3v) is 8.42. The summed E-state index contributed by atoms with van der Waals surface area (Å²) < 4.78 is 50.6. The zero-order valence-corrected chi connectivity index (χ0v) is 21.6. The topological polar surface area (TPSA) is 89.9 Å². The number of epoxide rings is 1. The fourth-order valence-electron chi connectivity index (χ4n) is 6.04. The van der Waals surface area contributed by atoms with Crippen LogP contribution in [-0.4, -0.2) is 77.9 Å². The molecule has 3 atom stereocenters. The number of halogens is 2. The minimum atomic E-state index is -3.10. The molecule has 3 aromatic rings. The first kappa shape index (κ1) is 24.6. The van der Waals surface area contributed by atoms with Gasteiger partial charge in [0.1, 0.15) is 46.8 Å². The van der Waals surface area contributed by atoms with Crippen molar-refractivity contribution < 1.29 is 32.5 Å². The molecule has 2 aliphatic carbocycles. The molecular formula is C28H30F2N4O5. The summed E-state index contributed by atoms with van der Waals surface area (Å²) >= 11 is 0. The number of hydrogen-bond acceptors (Lipinski definition) is 7. The van der Waals surface area contributed by atoms with Crippen molar-refractivity contribution in [3.05, 3.63) is 42.2 Å². The van der Waals surface area contributed by atoms with Crippen LogP contribution in [0.15, 0.2) is 36.7 Å². The van der Waals surface area contributed by atoms with E-state index in [0.29, 0.717) is 41.3 Å². The third kappa shape index (κ3) is 4.47. The second kappa shape index (κ2) is 9.34. The Morgan fingerprint density at radius 2 is 2.08 bits per heavy atom. The number of ether oxygens (including phenoxy) is 4. The smallest absolute Gasteiger partial charge is 0.387 e. The number of pyridine rings is 1. The van der Waals surface area contributed by atoms with Gasteiger partial charge in [-0.2, -0.15) is 8.78 Å². The summed E-state index contributed by atoms with van der Waals surface area (Å²) in [6, 6.07) is 6.79. The number of aromatic nitrogens is 2. The van der Waals surface area contributed by atoms with Crippen LogP contribution in [0.25, 0.3) is 16.9 Å². The monoisotopic (exact) mass is 540 g/mol. The van der Waals surface area contributed by atoms with Crippen LogP contribution in [0.3, 0.4) is 0 Å². The van der Waals surface area contributed by atoms with Crippen molar-refractivity contribution in [2.45, 2.75) is 50.0 Å². The molecule has 1 spiro atoms. The van der Waals surface area contributed by atoms with Crippen LogP contribution in [0.5, 0.6) is 17.2 Å². The van der Waals surface area contributed by atoms with Gasteiger partial charge >= 0.3 is 6.61 Å². The molecule has 4 heterocycles. The normalized spacial score (nSPS) is 25.5. The first-order chi connectivity index (χ1) is 18.9. The molecule has 4 fully saturated rings. The van der Waals surface area contributed by atoms with Crippen molar-refractivity contribution >= 4 is 11.6 Å². The predicted molar refractivity (Wildman–Crippen MR) is 137 cm³/mol. The maximum Gasteiger partial charge on any atom is 0.387 e. The summed E-state index contributed by atoms with van der Waals surface area (Å²) in [6.45, 7) is 0.350. The van der Waals surface area contributed by atoms with Gasteiger partial charge in [0.2, 0.25) is 0 Å². The van der Waals surface area contributed by atoms with Crippen LogP contribution in [0.1, 0.15) is 36.0 Å². The number of hydrogen-bond donors (Lipinski definition) is 1. The quantitative estimate of drug-likeness (QED) is 0.392. The number of amides is 1. The van der Waals surface area contributed by atoms with Crippen molar-refractivity contribution in [3.63, 3.8) is 0 Å². The van der Waals surface area contributed by atoms with Gasteiger partial charge in [-0.25, -0.2) is 4.98 Å². The van der Waals surface area contributed by atoms with Gasteiger partial charge in [0.05, 0.1) is 19.0 Å². The average Bonchev–Trinajstić information content (AvgIpc) is 3.82. The van der Waals surface area contributed by atoms with Gasteiger partial charge in [0.25, 0.3) is 5.91 Å². The van der Waals surface area contributed by atoms with Crippen LogP contribution in [-0.2, 0) is 4.74 Å². The summed E-state index contributed by atoms with van der Waals surface area (Å²) in [4.78, 5) is 19.7. The van der Waals surface area contributed by atoms with E-state index in [1.54, 1.807) is 12.3 Å². The molecule has 206 valence electrons. The zero-order valence-electron chi connectivity index (χ0n) is 21.6. The Kier molecular flexibility index (Phi) is 5.89. The van der Waals surface area contributed by atoms with E-state index in [4.69, 9.17) is 18.9 Å². The first-order valence-corrected chi connectivity index (χ1v) is 13.4. The summed E-state index contributed by atoms with van der Waals surface area (Å²) in [7, 11) is 1.39. The minimum absolute atomic E-state index is 0.0470. The number of alkyl halides is 2. The summed E-state index contributed by atoms with van der Waals surface area (Å²) in [5.74, 6) is 0.759. The van der Waals surface area contributed by atoms with Gasteiger partial charge < -0.3 is 24.3 Å². The van der Waals surface area contributed by atoms with Crippen molar-refractivity contribution in [1.82, 2.24) is 19.6 Å². The van der Waals surface area contributed by atoms with E-state index >= 15 is 0 Å². The highest BCUT2D eigenvalue weighted by molar-refractivity contribution is 6.01.